The van der Waals surface area contributed by atoms with Crippen molar-refractivity contribution >= 4 is 17.5 Å². The molecule has 1 amide bonds. The van der Waals surface area contributed by atoms with Gasteiger partial charge >= 0.3 is 0 Å². The highest BCUT2D eigenvalue weighted by Gasteiger charge is 2.19. The number of carbonyl (C=O) groups is 2. The van der Waals surface area contributed by atoms with Gasteiger partial charge in [-0.25, -0.2) is 4.68 Å². The van der Waals surface area contributed by atoms with Crippen LogP contribution in [0, 0.1) is 0 Å². The number of nitrogens with zero attached hydrogens (tertiary/aromatic N) is 2. The van der Waals surface area contributed by atoms with Crippen LogP contribution in [0.5, 0.6) is 0 Å². The average molecular weight is 367 g/mol. The van der Waals surface area contributed by atoms with E-state index in [2.05, 4.69) is 17.3 Å². The Morgan fingerprint density at radius 2 is 1.81 bits per heavy atom. The third-order valence-electron chi connectivity index (χ3n) is 5.25. The van der Waals surface area contributed by atoms with Crippen molar-refractivity contribution in [2.45, 2.75) is 70.8 Å². The van der Waals surface area contributed by atoms with Crippen molar-refractivity contribution in [3.8, 4) is 0 Å². The van der Waals surface area contributed by atoms with E-state index in [0.717, 1.165) is 31.5 Å². The first-order valence-electron chi connectivity index (χ1n) is 10.1. The topological polar surface area (TPSA) is 64.0 Å². The molecule has 3 rings (SSSR count). The van der Waals surface area contributed by atoms with Crippen molar-refractivity contribution in [1.29, 1.82) is 0 Å². The second-order valence-corrected chi connectivity index (χ2v) is 7.37. The number of nitrogens with one attached hydrogen (secondary N) is 1. The fourth-order valence-electron chi connectivity index (χ4n) is 3.75. The summed E-state index contributed by atoms with van der Waals surface area (Å²) in [6.07, 6.45) is 10.2. The van der Waals surface area contributed by atoms with Gasteiger partial charge in [-0.2, -0.15) is 5.10 Å². The third kappa shape index (κ3) is 5.28. The number of amides is 1. The van der Waals surface area contributed by atoms with E-state index in [-0.39, 0.29) is 24.5 Å². The summed E-state index contributed by atoms with van der Waals surface area (Å²) >= 11 is 0. The zero-order valence-corrected chi connectivity index (χ0v) is 16.1. The Bertz CT molecular complexity index is 758. The van der Waals surface area contributed by atoms with Crippen LogP contribution in [0.3, 0.4) is 0 Å². The van der Waals surface area contributed by atoms with Gasteiger partial charge in [0, 0.05) is 24.5 Å². The first-order valence-corrected chi connectivity index (χ1v) is 10.1. The number of aryl methyl sites for hydroxylation is 1. The zero-order valence-electron chi connectivity index (χ0n) is 16.1. The Kier molecular flexibility index (Phi) is 6.80. The van der Waals surface area contributed by atoms with Crippen molar-refractivity contribution in [2.24, 2.45) is 0 Å². The van der Waals surface area contributed by atoms with Crippen molar-refractivity contribution in [3.05, 3.63) is 47.7 Å². The molecule has 0 unspecified atom stereocenters. The number of rotatable bonds is 8. The summed E-state index contributed by atoms with van der Waals surface area (Å²) in [5.41, 5.74) is 1.91. The number of carbonyl (C=O) groups excluding carboxylic acids is 2. The molecule has 0 bridgehead atoms. The predicted molar refractivity (Wildman–Crippen MR) is 107 cm³/mol. The smallest absolute Gasteiger partial charge is 0.225 e. The fraction of sp³-hybridized carbons (Fsp3) is 0.500. The van der Waals surface area contributed by atoms with E-state index in [1.807, 2.05) is 35.0 Å². The average Bonchev–Trinajstić information content (AvgIpc) is 3.15. The summed E-state index contributed by atoms with van der Waals surface area (Å²) in [5.74, 6) is 0.612. The molecule has 1 heterocycles. The van der Waals surface area contributed by atoms with Crippen molar-refractivity contribution < 1.29 is 9.59 Å². The van der Waals surface area contributed by atoms with Crippen LogP contribution in [0.2, 0.25) is 0 Å². The molecular weight excluding hydrogens is 338 g/mol. The molecule has 0 aliphatic heterocycles. The van der Waals surface area contributed by atoms with E-state index < -0.39 is 0 Å². The minimum atomic E-state index is -0.136. The quantitative estimate of drug-likeness (QED) is 0.672. The van der Waals surface area contributed by atoms with E-state index in [4.69, 9.17) is 0 Å². The number of ketones is 1. The van der Waals surface area contributed by atoms with E-state index in [9.17, 15) is 9.59 Å². The van der Waals surface area contributed by atoms with E-state index in [1.165, 1.54) is 24.8 Å². The molecule has 1 aromatic heterocycles. The zero-order chi connectivity index (χ0) is 19.1. The highest BCUT2D eigenvalue weighted by atomic mass is 16.2. The molecular formula is C22H29N3O2. The molecule has 0 radical (unpaired) electrons. The first kappa shape index (κ1) is 19.3. The Balaban J connectivity index is 1.51. The van der Waals surface area contributed by atoms with Crippen molar-refractivity contribution in [2.75, 3.05) is 5.32 Å². The van der Waals surface area contributed by atoms with Gasteiger partial charge in [0.25, 0.3) is 0 Å². The highest BCUT2D eigenvalue weighted by molar-refractivity contribution is 5.99. The molecule has 5 nitrogen and oxygen atoms in total. The maximum Gasteiger partial charge on any atom is 0.225 e. The van der Waals surface area contributed by atoms with Crippen LogP contribution in [0.15, 0.2) is 36.5 Å². The minimum Gasteiger partial charge on any atom is -0.311 e. The van der Waals surface area contributed by atoms with Crippen molar-refractivity contribution in [1.82, 2.24) is 9.78 Å². The molecule has 1 aliphatic rings. The van der Waals surface area contributed by atoms with E-state index >= 15 is 0 Å². The maximum absolute atomic E-state index is 12.3. The van der Waals surface area contributed by atoms with Gasteiger partial charge in [-0.05, 0) is 24.8 Å². The van der Waals surface area contributed by atoms with Crippen LogP contribution in [-0.2, 0) is 11.2 Å². The molecule has 2 aromatic rings. The first-order chi connectivity index (χ1) is 13.2. The lowest BCUT2D eigenvalue weighted by Gasteiger charge is -2.23. The number of anilines is 1. The Labute approximate surface area is 161 Å². The van der Waals surface area contributed by atoms with Crippen LogP contribution in [0.1, 0.15) is 80.3 Å². The van der Waals surface area contributed by atoms with E-state index in [0.29, 0.717) is 11.6 Å². The van der Waals surface area contributed by atoms with Crippen LogP contribution in [-0.4, -0.2) is 21.5 Å². The summed E-state index contributed by atoms with van der Waals surface area (Å²) in [4.78, 5) is 24.7. The lowest BCUT2D eigenvalue weighted by atomic mass is 9.96. The maximum atomic E-state index is 12.3. The molecule has 0 saturated heterocycles. The SMILES string of the molecule is CCCc1ccc(C(=O)CCC(=O)Nc2ccnn2C2CCCCC2)cc1. The Hall–Kier alpha value is -2.43. The molecule has 1 N–H and O–H groups in total. The van der Waals surface area contributed by atoms with Gasteiger partial charge in [0.05, 0.1) is 12.2 Å². The standard InChI is InChI=1S/C22H29N3O2/c1-2-6-17-9-11-18(12-10-17)20(26)13-14-22(27)24-21-15-16-23-25(21)19-7-4-3-5-8-19/h9-12,15-16,19H,2-8,13-14H2,1H3,(H,24,27). The fourth-order valence-corrected chi connectivity index (χ4v) is 3.75. The predicted octanol–water partition coefficient (Wildman–Crippen LogP) is 4.94. The Morgan fingerprint density at radius 3 is 2.52 bits per heavy atom. The van der Waals surface area contributed by atoms with Gasteiger partial charge in [0.15, 0.2) is 5.78 Å². The lowest BCUT2D eigenvalue weighted by Crippen LogP contribution is -2.20. The molecule has 144 valence electrons. The second kappa shape index (κ2) is 9.49. The van der Waals surface area contributed by atoms with Gasteiger partial charge in [-0.15, -0.1) is 0 Å². The molecule has 1 saturated carbocycles. The molecule has 27 heavy (non-hydrogen) atoms. The number of hydrogen-bond donors (Lipinski definition) is 1. The minimum absolute atomic E-state index is 0.00832. The molecule has 0 spiro atoms. The van der Waals surface area contributed by atoms with E-state index in [1.54, 1.807) is 6.20 Å². The Morgan fingerprint density at radius 1 is 1.07 bits per heavy atom. The monoisotopic (exact) mass is 367 g/mol. The van der Waals surface area contributed by atoms with Gasteiger partial charge < -0.3 is 5.32 Å². The lowest BCUT2D eigenvalue weighted by molar-refractivity contribution is -0.116. The number of hydrogen-bond acceptors (Lipinski definition) is 3. The van der Waals surface area contributed by atoms with Crippen LogP contribution < -0.4 is 5.32 Å². The molecule has 0 atom stereocenters. The summed E-state index contributed by atoms with van der Waals surface area (Å²) in [7, 11) is 0. The summed E-state index contributed by atoms with van der Waals surface area (Å²) in [6.45, 7) is 2.14. The van der Waals surface area contributed by atoms with Gasteiger partial charge in [-0.3, -0.25) is 9.59 Å². The van der Waals surface area contributed by atoms with Gasteiger partial charge in [-0.1, -0.05) is 56.9 Å². The number of Topliss-reactive ketones (excluding diaryl/α,β-unsaturated/α-hetero) is 1. The van der Waals surface area contributed by atoms with Gasteiger partial charge in [0.2, 0.25) is 5.91 Å². The molecule has 1 fully saturated rings. The normalized spacial score (nSPS) is 14.9. The van der Waals surface area contributed by atoms with Crippen LogP contribution >= 0.6 is 0 Å². The largest absolute Gasteiger partial charge is 0.311 e. The summed E-state index contributed by atoms with van der Waals surface area (Å²) in [6, 6.07) is 9.93. The van der Waals surface area contributed by atoms with Crippen LogP contribution in [0.25, 0.3) is 0 Å². The highest BCUT2D eigenvalue weighted by Crippen LogP contribution is 2.29. The number of benzene rings is 1. The summed E-state index contributed by atoms with van der Waals surface area (Å²) < 4.78 is 1.94. The molecule has 1 aliphatic carbocycles. The van der Waals surface area contributed by atoms with Crippen LogP contribution in [0.4, 0.5) is 5.82 Å². The second-order valence-electron chi connectivity index (χ2n) is 7.37. The molecule has 5 heteroatoms. The number of aromatic nitrogens is 2. The third-order valence-corrected chi connectivity index (χ3v) is 5.25. The van der Waals surface area contributed by atoms with Crippen molar-refractivity contribution in [3.63, 3.8) is 0 Å². The van der Waals surface area contributed by atoms with Gasteiger partial charge in [0.1, 0.15) is 5.82 Å². The molecule has 1 aromatic carbocycles. The summed E-state index contributed by atoms with van der Waals surface area (Å²) in [5, 5.41) is 7.32.